The van der Waals surface area contributed by atoms with Gasteiger partial charge >= 0.3 is 5.82 Å². The zero-order chi connectivity index (χ0) is 6.57. The van der Waals surface area contributed by atoms with Gasteiger partial charge in [0.2, 0.25) is 0 Å². The first-order chi connectivity index (χ1) is 3.68. The van der Waals surface area contributed by atoms with Crippen molar-refractivity contribution in [2.75, 3.05) is 6.26 Å². The van der Waals surface area contributed by atoms with Crippen molar-refractivity contribution in [2.45, 2.75) is 0 Å². The summed E-state index contributed by atoms with van der Waals surface area (Å²) < 4.78 is 0. The fourth-order valence-corrected chi connectivity index (χ4v) is 0.491. The number of rotatable bonds is 2. The Kier molecular flexibility index (Phi) is 3.02. The second kappa shape index (κ2) is 3.31. The molecule has 0 saturated carbocycles. The highest BCUT2D eigenvalue weighted by molar-refractivity contribution is 8.01. The molecule has 0 saturated heterocycles. The molecule has 4 nitrogen and oxygen atoms in total. The van der Waals surface area contributed by atoms with Crippen LogP contribution in [0.25, 0.3) is 0 Å². The van der Waals surface area contributed by atoms with Crippen LogP contribution in [0, 0.1) is 10.1 Å². The summed E-state index contributed by atoms with van der Waals surface area (Å²) in [5, 5.41) is 11.0. The third-order valence-electron chi connectivity index (χ3n) is 0.449. The highest BCUT2D eigenvalue weighted by Crippen LogP contribution is 1.96. The van der Waals surface area contributed by atoms with Crippen molar-refractivity contribution in [1.29, 1.82) is 0 Å². The molecule has 0 spiro atoms. The molecule has 0 heterocycles. The molecule has 0 aromatic rings. The van der Waals surface area contributed by atoms with Crippen LogP contribution >= 0.6 is 11.8 Å². The van der Waals surface area contributed by atoms with Crippen LogP contribution in [0.1, 0.15) is 0 Å². The Balaban J connectivity index is 3.80. The molecular weight excluding hydrogens is 128 g/mol. The monoisotopic (exact) mass is 134 g/mol. The van der Waals surface area contributed by atoms with Crippen molar-refractivity contribution in [3.63, 3.8) is 0 Å². The average Bonchev–Trinajstić information content (AvgIpc) is 1.67. The standard InChI is InChI=1S/C3H6N2O2S/c1-8-2-3(4)5(6)7/h2H,4H2,1H3. The lowest BCUT2D eigenvalue weighted by Gasteiger charge is -1.89. The lowest BCUT2D eigenvalue weighted by Crippen LogP contribution is -2.07. The van der Waals surface area contributed by atoms with Crippen LogP contribution in [0.2, 0.25) is 0 Å². The van der Waals surface area contributed by atoms with Crippen LogP contribution in [0.4, 0.5) is 0 Å². The van der Waals surface area contributed by atoms with Gasteiger partial charge in [0.25, 0.3) is 0 Å². The predicted molar refractivity (Wildman–Crippen MR) is 32.8 cm³/mol. The molecule has 0 aromatic carbocycles. The van der Waals surface area contributed by atoms with Crippen LogP contribution in [0.15, 0.2) is 11.2 Å². The lowest BCUT2D eigenvalue weighted by molar-refractivity contribution is -0.426. The van der Waals surface area contributed by atoms with Crippen LogP contribution in [0.5, 0.6) is 0 Å². The van der Waals surface area contributed by atoms with Crippen LogP contribution in [-0.2, 0) is 0 Å². The van der Waals surface area contributed by atoms with E-state index in [2.05, 4.69) is 0 Å². The fraction of sp³-hybridized carbons (Fsp3) is 0.333. The highest BCUT2D eigenvalue weighted by atomic mass is 32.2. The smallest absolute Gasteiger partial charge is 0.320 e. The van der Waals surface area contributed by atoms with Crippen molar-refractivity contribution < 1.29 is 4.92 Å². The molecule has 0 aliphatic heterocycles. The van der Waals surface area contributed by atoms with Gasteiger partial charge in [0, 0.05) is 0 Å². The second-order valence-electron chi connectivity index (χ2n) is 1.04. The number of nitrogens with two attached hydrogens (primary N) is 1. The molecule has 0 bridgehead atoms. The number of thioether (sulfide) groups is 1. The molecule has 0 unspecified atom stereocenters. The van der Waals surface area contributed by atoms with Crippen LogP contribution in [0.3, 0.4) is 0 Å². The van der Waals surface area contributed by atoms with E-state index >= 15 is 0 Å². The summed E-state index contributed by atoms with van der Waals surface area (Å²) in [6.45, 7) is 0. The van der Waals surface area contributed by atoms with Gasteiger partial charge in [-0.15, -0.1) is 11.8 Å². The van der Waals surface area contributed by atoms with Crippen molar-refractivity contribution in [3.05, 3.63) is 21.3 Å². The van der Waals surface area contributed by atoms with Crippen molar-refractivity contribution in [2.24, 2.45) is 5.73 Å². The van der Waals surface area contributed by atoms with Gasteiger partial charge in [-0.3, -0.25) is 5.73 Å². The van der Waals surface area contributed by atoms with Gasteiger partial charge in [-0.25, -0.2) is 0 Å². The third kappa shape index (κ3) is 2.46. The van der Waals surface area contributed by atoms with E-state index in [1.165, 1.54) is 17.2 Å². The molecule has 0 aliphatic rings. The van der Waals surface area contributed by atoms with Crippen molar-refractivity contribution in [1.82, 2.24) is 0 Å². The zero-order valence-electron chi connectivity index (χ0n) is 4.33. The van der Waals surface area contributed by atoms with E-state index in [1.54, 1.807) is 6.26 Å². The number of hydrogen-bond donors (Lipinski definition) is 1. The van der Waals surface area contributed by atoms with Gasteiger partial charge in [-0.1, -0.05) is 0 Å². The van der Waals surface area contributed by atoms with E-state index in [1.807, 2.05) is 0 Å². The Morgan fingerprint density at radius 2 is 2.50 bits per heavy atom. The summed E-state index contributed by atoms with van der Waals surface area (Å²) >= 11 is 1.21. The Hall–Kier alpha value is -0.710. The molecule has 0 radical (unpaired) electrons. The summed E-state index contributed by atoms with van der Waals surface area (Å²) in [7, 11) is 0. The summed E-state index contributed by atoms with van der Waals surface area (Å²) in [4.78, 5) is 9.06. The number of nitrogens with zero attached hydrogens (tertiary/aromatic N) is 1. The SMILES string of the molecule is CSC=C(N)[N+](=O)[O-]. The van der Waals surface area contributed by atoms with Crippen LogP contribution in [-0.4, -0.2) is 11.2 Å². The maximum Gasteiger partial charge on any atom is 0.320 e. The molecule has 0 rings (SSSR count). The quantitative estimate of drug-likeness (QED) is 0.438. The Morgan fingerprint density at radius 1 is 2.00 bits per heavy atom. The molecular formula is C3H6N2O2S. The first kappa shape index (κ1) is 7.29. The van der Waals surface area contributed by atoms with Gasteiger partial charge in [0.05, 0.1) is 5.41 Å². The molecule has 2 N–H and O–H groups in total. The minimum Gasteiger partial charge on any atom is -0.358 e. The molecule has 0 atom stereocenters. The first-order valence-corrected chi connectivity index (χ1v) is 3.10. The van der Waals surface area contributed by atoms with E-state index in [0.717, 1.165) is 0 Å². The van der Waals surface area contributed by atoms with Crippen molar-refractivity contribution in [3.8, 4) is 0 Å². The Morgan fingerprint density at radius 3 is 2.62 bits per heavy atom. The number of nitro groups is 1. The van der Waals surface area contributed by atoms with Crippen molar-refractivity contribution >= 4 is 11.8 Å². The van der Waals surface area contributed by atoms with Gasteiger partial charge in [0.15, 0.2) is 0 Å². The normalized spacial score (nSPS) is 11.4. The minimum atomic E-state index is -0.628. The maximum atomic E-state index is 9.69. The molecule has 0 fully saturated rings. The number of hydrogen-bond acceptors (Lipinski definition) is 4. The fourth-order valence-electron chi connectivity index (χ4n) is 0.164. The highest BCUT2D eigenvalue weighted by Gasteiger charge is 1.94. The van der Waals surface area contributed by atoms with E-state index in [-0.39, 0.29) is 5.82 Å². The van der Waals surface area contributed by atoms with Gasteiger partial charge in [-0.05, 0) is 11.2 Å². The molecule has 0 amide bonds. The Bertz CT molecular complexity index is 122. The lowest BCUT2D eigenvalue weighted by atomic mass is 10.9. The van der Waals surface area contributed by atoms with E-state index < -0.39 is 4.92 Å². The van der Waals surface area contributed by atoms with Gasteiger partial charge in [0.1, 0.15) is 0 Å². The predicted octanol–water partition coefficient (Wildman–Crippen LogP) is 0.384. The third-order valence-corrected chi connectivity index (χ3v) is 0.927. The topological polar surface area (TPSA) is 69.2 Å². The molecule has 0 aromatic heterocycles. The first-order valence-electron chi connectivity index (χ1n) is 1.81. The van der Waals surface area contributed by atoms with E-state index in [9.17, 15) is 10.1 Å². The molecule has 5 heteroatoms. The Labute approximate surface area is 50.9 Å². The minimum absolute atomic E-state index is 0.308. The second-order valence-corrected chi connectivity index (χ2v) is 1.74. The molecule has 46 valence electrons. The average molecular weight is 134 g/mol. The summed E-state index contributed by atoms with van der Waals surface area (Å²) in [6, 6.07) is 0. The maximum absolute atomic E-state index is 9.69. The van der Waals surface area contributed by atoms with E-state index in [4.69, 9.17) is 5.73 Å². The van der Waals surface area contributed by atoms with E-state index in [0.29, 0.717) is 0 Å². The largest absolute Gasteiger partial charge is 0.358 e. The van der Waals surface area contributed by atoms with Gasteiger partial charge < -0.3 is 10.1 Å². The summed E-state index contributed by atoms with van der Waals surface area (Å²) in [5.41, 5.74) is 4.87. The molecule has 8 heavy (non-hydrogen) atoms. The van der Waals surface area contributed by atoms with Crippen LogP contribution < -0.4 is 5.73 Å². The summed E-state index contributed by atoms with van der Waals surface area (Å²) in [5.74, 6) is -0.308. The molecule has 0 aliphatic carbocycles. The van der Waals surface area contributed by atoms with Gasteiger partial charge in [-0.2, -0.15) is 0 Å². The zero-order valence-corrected chi connectivity index (χ0v) is 5.14. The summed E-state index contributed by atoms with van der Waals surface area (Å²) in [6.07, 6.45) is 1.70.